The molecule has 6 nitrogen and oxygen atoms in total. The molecule has 0 aliphatic carbocycles. The minimum Gasteiger partial charge on any atom is -0.466 e. The Bertz CT molecular complexity index is 1330. The van der Waals surface area contributed by atoms with Crippen molar-refractivity contribution in [3.8, 4) is 0 Å². The van der Waals surface area contributed by atoms with E-state index in [0.717, 1.165) is 51.4 Å². The molecule has 0 aliphatic heterocycles. The number of carbonyl (C=O) groups excluding carboxylic acids is 2. The lowest BCUT2D eigenvalue weighted by Gasteiger charge is -2.22. The minimum atomic E-state index is -0.663. The fraction of sp³-hybridized carbons (Fsp3) is 0.895. The zero-order valence-corrected chi connectivity index (χ0v) is 55.5. The molecule has 2 unspecified atom stereocenters. The molecule has 0 radical (unpaired) electrons. The van der Waals surface area contributed by atoms with Gasteiger partial charge in [-0.3, -0.25) is 9.59 Å². The van der Waals surface area contributed by atoms with E-state index in [1.807, 2.05) is 0 Å². The van der Waals surface area contributed by atoms with Crippen LogP contribution >= 0.6 is 0 Å². The average Bonchev–Trinajstić information content (AvgIpc) is 3.48. The number of aliphatic hydroxyl groups excluding tert-OH is 2. The highest BCUT2D eigenvalue weighted by molar-refractivity contribution is 5.76. The largest absolute Gasteiger partial charge is 0.466 e. The summed E-state index contributed by atoms with van der Waals surface area (Å²) >= 11 is 0. The summed E-state index contributed by atoms with van der Waals surface area (Å²) in [6.45, 7) is 4.96. The summed E-state index contributed by atoms with van der Waals surface area (Å²) in [6.07, 6.45) is 92.1. The maximum Gasteiger partial charge on any atom is 0.305 e. The molecule has 2 atom stereocenters. The highest BCUT2D eigenvalue weighted by Crippen LogP contribution is 2.19. The Morgan fingerprint density at radius 1 is 0.341 bits per heavy atom. The maximum atomic E-state index is 12.5. The fourth-order valence-corrected chi connectivity index (χ4v) is 11.7. The molecule has 3 N–H and O–H groups in total. The van der Waals surface area contributed by atoms with E-state index in [9.17, 15) is 19.8 Å². The zero-order valence-electron chi connectivity index (χ0n) is 55.5. The number of carbonyl (C=O) groups is 2. The van der Waals surface area contributed by atoms with Crippen LogP contribution in [0.25, 0.3) is 0 Å². The van der Waals surface area contributed by atoms with Gasteiger partial charge in [0.05, 0.1) is 25.4 Å². The third kappa shape index (κ3) is 67.2. The SMILES string of the molecule is CCCCC/C=C\C/C=C\CCCCCCCC(=O)OCCCCCCCCCCCCCC/C=C\CCCCCCCCCCCCCCCCCCC(=O)NC(CO)C(O)CCCCCCCCCCCCCCCCCCCC. The molecule has 0 fully saturated rings. The minimum absolute atomic E-state index is 0.00465. The van der Waals surface area contributed by atoms with Crippen molar-refractivity contribution in [2.24, 2.45) is 0 Å². The summed E-state index contributed by atoms with van der Waals surface area (Å²) in [5.74, 6) is -0.0239. The van der Waals surface area contributed by atoms with Crippen LogP contribution in [-0.2, 0) is 14.3 Å². The van der Waals surface area contributed by atoms with E-state index in [2.05, 4.69) is 55.6 Å². The Labute approximate surface area is 513 Å². The molecule has 484 valence electrons. The molecule has 0 aliphatic rings. The third-order valence-electron chi connectivity index (χ3n) is 17.4. The summed E-state index contributed by atoms with van der Waals surface area (Å²) in [6, 6.07) is -0.540. The molecule has 0 aromatic heterocycles. The van der Waals surface area contributed by atoms with Crippen molar-refractivity contribution in [1.29, 1.82) is 0 Å². The molecule has 0 aromatic carbocycles. The smallest absolute Gasteiger partial charge is 0.305 e. The Balaban J connectivity index is 3.36. The van der Waals surface area contributed by atoms with Crippen molar-refractivity contribution < 1.29 is 24.5 Å². The molecule has 0 rings (SSSR count). The molecule has 0 aromatic rings. The van der Waals surface area contributed by atoms with Gasteiger partial charge in [0, 0.05) is 12.8 Å². The maximum absolute atomic E-state index is 12.5. The van der Waals surface area contributed by atoms with Gasteiger partial charge in [-0.25, -0.2) is 0 Å². The highest BCUT2D eigenvalue weighted by atomic mass is 16.5. The summed E-state index contributed by atoms with van der Waals surface area (Å²) in [5, 5.41) is 23.4. The number of aliphatic hydroxyl groups is 2. The number of hydrogen-bond acceptors (Lipinski definition) is 5. The van der Waals surface area contributed by atoms with E-state index >= 15 is 0 Å². The first-order valence-electron chi connectivity index (χ1n) is 37.2. The van der Waals surface area contributed by atoms with Gasteiger partial charge in [-0.2, -0.15) is 0 Å². The first kappa shape index (κ1) is 80.1. The van der Waals surface area contributed by atoms with Crippen LogP contribution in [0.1, 0.15) is 412 Å². The standard InChI is InChI=1S/C76H145NO5/c1-3-5-7-9-11-13-15-17-19-20-37-41-44-48-52-56-60-64-68-74(79)73(72-78)77-75(80)69-65-61-57-53-49-45-42-38-35-33-31-29-27-25-23-21-22-24-26-28-30-32-34-36-39-43-47-51-55-59-63-67-71-82-76(81)70-66-62-58-54-50-46-40-18-16-14-12-10-8-6-4-2/h12,14,18,24,26,40,73-74,78-79H,3-11,13,15-17,19-23,25,27-39,41-72H2,1-2H3,(H,77,80)/b14-12-,26-24-,40-18-. The van der Waals surface area contributed by atoms with E-state index in [-0.39, 0.29) is 18.5 Å². The van der Waals surface area contributed by atoms with E-state index in [1.165, 1.54) is 327 Å². The normalized spacial score (nSPS) is 12.7. The number of ether oxygens (including phenoxy) is 1. The molecule has 0 saturated carbocycles. The van der Waals surface area contributed by atoms with Crippen molar-refractivity contribution in [2.45, 2.75) is 424 Å². The van der Waals surface area contributed by atoms with Crippen LogP contribution in [0.15, 0.2) is 36.5 Å². The van der Waals surface area contributed by atoms with Gasteiger partial charge in [0.25, 0.3) is 0 Å². The molecule has 0 spiro atoms. The van der Waals surface area contributed by atoms with Crippen LogP contribution in [0.2, 0.25) is 0 Å². The number of rotatable bonds is 70. The lowest BCUT2D eigenvalue weighted by Crippen LogP contribution is -2.45. The van der Waals surface area contributed by atoms with Crippen molar-refractivity contribution >= 4 is 11.9 Å². The predicted octanol–water partition coefficient (Wildman–Crippen LogP) is 24.3. The third-order valence-corrected chi connectivity index (χ3v) is 17.4. The number of amides is 1. The molecule has 0 saturated heterocycles. The molecule has 0 bridgehead atoms. The summed E-state index contributed by atoms with van der Waals surface area (Å²) < 4.78 is 5.49. The Morgan fingerprint density at radius 3 is 0.963 bits per heavy atom. The molecule has 6 heteroatoms. The fourth-order valence-electron chi connectivity index (χ4n) is 11.7. The van der Waals surface area contributed by atoms with Crippen LogP contribution in [0.4, 0.5) is 0 Å². The van der Waals surface area contributed by atoms with Gasteiger partial charge < -0.3 is 20.3 Å². The van der Waals surface area contributed by atoms with Crippen LogP contribution < -0.4 is 5.32 Å². The first-order chi connectivity index (χ1) is 40.5. The number of allylic oxidation sites excluding steroid dienone is 6. The summed E-state index contributed by atoms with van der Waals surface area (Å²) in [4.78, 5) is 24.6. The van der Waals surface area contributed by atoms with E-state index in [4.69, 9.17) is 4.74 Å². The van der Waals surface area contributed by atoms with Crippen LogP contribution in [0, 0.1) is 0 Å². The van der Waals surface area contributed by atoms with Gasteiger partial charge in [0.15, 0.2) is 0 Å². The van der Waals surface area contributed by atoms with Gasteiger partial charge in [0.1, 0.15) is 0 Å². The van der Waals surface area contributed by atoms with E-state index < -0.39 is 12.1 Å². The Morgan fingerprint density at radius 2 is 0.610 bits per heavy atom. The van der Waals surface area contributed by atoms with Crippen LogP contribution in [0.3, 0.4) is 0 Å². The highest BCUT2D eigenvalue weighted by Gasteiger charge is 2.20. The Hall–Kier alpha value is -1.92. The number of hydrogen-bond donors (Lipinski definition) is 3. The van der Waals surface area contributed by atoms with Gasteiger partial charge in [-0.05, 0) is 83.5 Å². The lowest BCUT2D eigenvalue weighted by molar-refractivity contribution is -0.143. The molecule has 82 heavy (non-hydrogen) atoms. The molecular weight excluding hydrogens is 1010 g/mol. The molecule has 1 amide bonds. The predicted molar refractivity (Wildman–Crippen MR) is 361 cm³/mol. The second-order valence-electron chi connectivity index (χ2n) is 25.6. The van der Waals surface area contributed by atoms with Crippen molar-refractivity contribution in [2.75, 3.05) is 13.2 Å². The Kier molecular flexibility index (Phi) is 69.9. The second-order valence-corrected chi connectivity index (χ2v) is 25.6. The summed E-state index contributed by atoms with van der Waals surface area (Å²) in [7, 11) is 0. The van der Waals surface area contributed by atoms with E-state index in [0.29, 0.717) is 25.9 Å². The number of esters is 1. The van der Waals surface area contributed by atoms with Crippen molar-refractivity contribution in [3.05, 3.63) is 36.5 Å². The zero-order chi connectivity index (χ0) is 59.2. The molecule has 0 heterocycles. The van der Waals surface area contributed by atoms with Gasteiger partial charge >= 0.3 is 5.97 Å². The van der Waals surface area contributed by atoms with E-state index in [1.54, 1.807) is 0 Å². The molecular formula is C76H145NO5. The number of nitrogens with one attached hydrogen (secondary N) is 1. The lowest BCUT2D eigenvalue weighted by atomic mass is 10.0. The van der Waals surface area contributed by atoms with Gasteiger partial charge in [-0.15, -0.1) is 0 Å². The van der Waals surface area contributed by atoms with Gasteiger partial charge in [0.2, 0.25) is 5.91 Å². The average molecular weight is 1150 g/mol. The topological polar surface area (TPSA) is 95.9 Å². The quantitative estimate of drug-likeness (QED) is 0.0320. The van der Waals surface area contributed by atoms with Gasteiger partial charge in [-0.1, -0.05) is 352 Å². The summed E-state index contributed by atoms with van der Waals surface area (Å²) in [5.41, 5.74) is 0. The number of unbranched alkanes of at least 4 members (excludes halogenated alkanes) is 53. The first-order valence-corrected chi connectivity index (χ1v) is 37.2. The second kappa shape index (κ2) is 71.6. The van der Waals surface area contributed by atoms with Crippen LogP contribution in [0.5, 0.6) is 0 Å². The van der Waals surface area contributed by atoms with Crippen LogP contribution in [-0.4, -0.2) is 47.4 Å². The van der Waals surface area contributed by atoms with Crippen molar-refractivity contribution in [1.82, 2.24) is 5.32 Å². The monoisotopic (exact) mass is 1150 g/mol. The van der Waals surface area contributed by atoms with Crippen molar-refractivity contribution in [3.63, 3.8) is 0 Å².